The van der Waals surface area contributed by atoms with Crippen molar-refractivity contribution in [3.05, 3.63) is 29.3 Å². The highest BCUT2D eigenvalue weighted by Gasteiger charge is 2.01. The first-order chi connectivity index (χ1) is 8.52. The summed E-state index contributed by atoms with van der Waals surface area (Å²) in [5.74, 6) is 0.834. The summed E-state index contributed by atoms with van der Waals surface area (Å²) in [6.45, 7) is 8.21. The van der Waals surface area contributed by atoms with Gasteiger partial charge in [-0.3, -0.25) is 9.98 Å². The Morgan fingerprint density at radius 3 is 2.17 bits per heavy atom. The number of methoxy groups -OCH3 is 1. The van der Waals surface area contributed by atoms with Crippen LogP contribution in [-0.2, 0) is 0 Å². The Kier molecular flexibility index (Phi) is 5.56. The van der Waals surface area contributed by atoms with E-state index in [9.17, 15) is 0 Å². The Morgan fingerprint density at radius 2 is 1.61 bits per heavy atom. The van der Waals surface area contributed by atoms with E-state index in [2.05, 4.69) is 23.8 Å². The predicted molar refractivity (Wildman–Crippen MR) is 78.5 cm³/mol. The molecule has 0 bridgehead atoms. The van der Waals surface area contributed by atoms with Gasteiger partial charge in [-0.05, 0) is 51.5 Å². The van der Waals surface area contributed by atoms with Gasteiger partial charge in [0.2, 0.25) is 0 Å². The van der Waals surface area contributed by atoms with Gasteiger partial charge in [-0.1, -0.05) is 0 Å². The summed E-state index contributed by atoms with van der Waals surface area (Å²) in [4.78, 5) is 8.77. The van der Waals surface area contributed by atoms with E-state index < -0.39 is 0 Å². The molecule has 3 heteroatoms. The second-order valence-corrected chi connectivity index (χ2v) is 4.75. The Labute approximate surface area is 110 Å². The van der Waals surface area contributed by atoms with Crippen molar-refractivity contribution in [3.63, 3.8) is 0 Å². The maximum absolute atomic E-state index is 5.32. The fraction of sp³-hybridized carbons (Fsp3) is 0.467. The van der Waals surface area contributed by atoms with Crippen molar-refractivity contribution in [2.45, 2.75) is 39.8 Å². The molecule has 1 aromatic rings. The van der Waals surface area contributed by atoms with Crippen LogP contribution in [0.15, 0.2) is 28.2 Å². The summed E-state index contributed by atoms with van der Waals surface area (Å²) in [6, 6.07) is 6.57. The lowest BCUT2D eigenvalue weighted by atomic mass is 10.1. The largest absolute Gasteiger partial charge is 0.496 e. The van der Waals surface area contributed by atoms with Crippen LogP contribution in [0.2, 0.25) is 0 Å². The first kappa shape index (κ1) is 14.4. The first-order valence-electron chi connectivity index (χ1n) is 6.27. The van der Waals surface area contributed by atoms with Crippen LogP contribution in [0, 0.1) is 0 Å². The minimum atomic E-state index is 0.280. The summed E-state index contributed by atoms with van der Waals surface area (Å²) in [5.41, 5.74) is 2.05. The van der Waals surface area contributed by atoms with Crippen LogP contribution in [0.25, 0.3) is 0 Å². The molecule has 0 saturated carbocycles. The van der Waals surface area contributed by atoms with Crippen LogP contribution in [0.1, 0.15) is 38.8 Å². The number of aliphatic imine (C=N–C) groups is 2. The molecule has 98 valence electrons. The number of hydrogen-bond acceptors (Lipinski definition) is 3. The minimum absolute atomic E-state index is 0.280. The Bertz CT molecular complexity index is 434. The Morgan fingerprint density at radius 1 is 1.00 bits per heavy atom. The van der Waals surface area contributed by atoms with Gasteiger partial charge in [-0.15, -0.1) is 0 Å². The van der Waals surface area contributed by atoms with E-state index in [-0.39, 0.29) is 6.04 Å². The summed E-state index contributed by atoms with van der Waals surface area (Å²) in [7, 11) is 1.67. The molecule has 0 radical (unpaired) electrons. The fourth-order valence-corrected chi connectivity index (χ4v) is 1.40. The van der Waals surface area contributed by atoms with Gasteiger partial charge in [-0.2, -0.15) is 0 Å². The average molecular weight is 246 g/mol. The lowest BCUT2D eigenvalue weighted by Crippen LogP contribution is -1.97. The smallest absolute Gasteiger partial charge is 0.127 e. The van der Waals surface area contributed by atoms with Crippen molar-refractivity contribution >= 4 is 12.4 Å². The third kappa shape index (κ3) is 4.70. The molecule has 0 aliphatic heterocycles. The van der Waals surface area contributed by atoms with Crippen molar-refractivity contribution in [1.82, 2.24) is 0 Å². The van der Waals surface area contributed by atoms with Crippen LogP contribution in [0.5, 0.6) is 5.75 Å². The average Bonchev–Trinajstić information content (AvgIpc) is 2.33. The molecule has 0 fully saturated rings. The Balaban J connectivity index is 3.01. The maximum Gasteiger partial charge on any atom is 0.127 e. The zero-order valence-corrected chi connectivity index (χ0v) is 11.8. The molecule has 1 aromatic carbocycles. The van der Waals surface area contributed by atoms with Gasteiger partial charge in [0.25, 0.3) is 0 Å². The second-order valence-electron chi connectivity index (χ2n) is 4.75. The summed E-state index contributed by atoms with van der Waals surface area (Å²) >= 11 is 0. The molecule has 0 aliphatic rings. The number of benzene rings is 1. The SMILES string of the molecule is COc1ccc(/C=N/C(C)C)cc1/C=N/C(C)C. The highest BCUT2D eigenvalue weighted by Crippen LogP contribution is 2.17. The van der Waals surface area contributed by atoms with E-state index in [1.807, 2.05) is 44.5 Å². The molecule has 0 aliphatic carbocycles. The molecule has 18 heavy (non-hydrogen) atoms. The number of ether oxygens (including phenoxy) is 1. The maximum atomic E-state index is 5.32. The molecule has 0 heterocycles. The third-order valence-corrected chi connectivity index (χ3v) is 2.29. The molecule has 0 spiro atoms. The van der Waals surface area contributed by atoms with Crippen molar-refractivity contribution in [1.29, 1.82) is 0 Å². The molecular formula is C15H22N2O. The highest BCUT2D eigenvalue weighted by atomic mass is 16.5. The van der Waals surface area contributed by atoms with Crippen LogP contribution in [-0.4, -0.2) is 31.6 Å². The van der Waals surface area contributed by atoms with E-state index in [1.54, 1.807) is 7.11 Å². The predicted octanol–water partition coefficient (Wildman–Crippen LogP) is 3.35. The molecule has 3 nitrogen and oxygen atoms in total. The van der Waals surface area contributed by atoms with Crippen molar-refractivity contribution in [3.8, 4) is 5.75 Å². The van der Waals surface area contributed by atoms with Crippen LogP contribution >= 0.6 is 0 Å². The van der Waals surface area contributed by atoms with Crippen LogP contribution in [0.3, 0.4) is 0 Å². The monoisotopic (exact) mass is 246 g/mol. The summed E-state index contributed by atoms with van der Waals surface area (Å²) < 4.78 is 5.32. The standard InChI is InChI=1S/C15H22N2O/c1-11(2)16-9-13-6-7-15(18-5)14(8-13)10-17-12(3)4/h6-12H,1-5H3/b16-9+,17-10+. The van der Waals surface area contributed by atoms with Gasteiger partial charge in [0.15, 0.2) is 0 Å². The topological polar surface area (TPSA) is 34.0 Å². The van der Waals surface area contributed by atoms with E-state index in [4.69, 9.17) is 4.74 Å². The second kappa shape index (κ2) is 6.94. The fourth-order valence-electron chi connectivity index (χ4n) is 1.40. The van der Waals surface area contributed by atoms with Gasteiger partial charge in [0.05, 0.1) is 7.11 Å². The number of nitrogens with zero attached hydrogens (tertiary/aromatic N) is 2. The first-order valence-corrected chi connectivity index (χ1v) is 6.27. The molecule has 0 unspecified atom stereocenters. The molecule has 0 N–H and O–H groups in total. The van der Waals surface area contributed by atoms with E-state index in [0.29, 0.717) is 6.04 Å². The minimum Gasteiger partial charge on any atom is -0.496 e. The van der Waals surface area contributed by atoms with Crippen molar-refractivity contribution in [2.24, 2.45) is 9.98 Å². The van der Waals surface area contributed by atoms with Crippen molar-refractivity contribution < 1.29 is 4.74 Å². The lowest BCUT2D eigenvalue weighted by Gasteiger charge is -2.06. The van der Waals surface area contributed by atoms with Crippen molar-refractivity contribution in [2.75, 3.05) is 7.11 Å². The molecule has 0 aromatic heterocycles. The molecule has 0 saturated heterocycles. The van der Waals surface area contributed by atoms with Gasteiger partial charge >= 0.3 is 0 Å². The number of hydrogen-bond donors (Lipinski definition) is 0. The van der Waals surface area contributed by atoms with Gasteiger partial charge in [0.1, 0.15) is 5.75 Å². The van der Waals surface area contributed by atoms with Crippen LogP contribution < -0.4 is 4.74 Å². The van der Waals surface area contributed by atoms with E-state index in [1.165, 1.54) is 0 Å². The molecule has 1 rings (SSSR count). The zero-order chi connectivity index (χ0) is 13.5. The van der Waals surface area contributed by atoms with E-state index in [0.717, 1.165) is 16.9 Å². The number of rotatable bonds is 5. The van der Waals surface area contributed by atoms with E-state index >= 15 is 0 Å². The van der Waals surface area contributed by atoms with Crippen LogP contribution in [0.4, 0.5) is 0 Å². The summed E-state index contributed by atoms with van der Waals surface area (Å²) in [5, 5.41) is 0. The lowest BCUT2D eigenvalue weighted by molar-refractivity contribution is 0.414. The third-order valence-electron chi connectivity index (χ3n) is 2.29. The molecule has 0 amide bonds. The van der Waals surface area contributed by atoms with Gasteiger partial charge in [-0.25, -0.2) is 0 Å². The van der Waals surface area contributed by atoms with Gasteiger partial charge < -0.3 is 4.74 Å². The summed E-state index contributed by atoms with van der Waals surface area (Å²) in [6.07, 6.45) is 3.74. The zero-order valence-electron chi connectivity index (χ0n) is 11.8. The quantitative estimate of drug-likeness (QED) is 0.733. The normalized spacial score (nSPS) is 12.2. The molecule has 0 atom stereocenters. The van der Waals surface area contributed by atoms with Gasteiger partial charge in [0, 0.05) is 30.1 Å². The Hall–Kier alpha value is -1.64. The molecular weight excluding hydrogens is 224 g/mol. The highest BCUT2D eigenvalue weighted by molar-refractivity contribution is 5.89.